The molecule has 4 N–H and O–H groups in total. The first-order valence-electron chi connectivity index (χ1n) is 9.97. The van der Waals surface area contributed by atoms with Crippen molar-refractivity contribution in [2.75, 3.05) is 18.4 Å². The highest BCUT2D eigenvalue weighted by Gasteiger charge is 2.35. The number of piperidine rings is 1. The van der Waals surface area contributed by atoms with Gasteiger partial charge in [-0.05, 0) is 49.4 Å². The van der Waals surface area contributed by atoms with Crippen LogP contribution in [-0.4, -0.2) is 34.7 Å². The van der Waals surface area contributed by atoms with Crippen molar-refractivity contribution in [2.24, 2.45) is 5.92 Å². The van der Waals surface area contributed by atoms with Gasteiger partial charge in [-0.25, -0.2) is 14.9 Å². The number of pyridine rings is 1. The molecule has 1 saturated carbocycles. The van der Waals surface area contributed by atoms with Crippen molar-refractivity contribution in [3.63, 3.8) is 0 Å². The van der Waals surface area contributed by atoms with Gasteiger partial charge in [-0.15, -0.1) is 0 Å². The number of hydrogen-bond donors (Lipinski definition) is 4. The van der Waals surface area contributed by atoms with Gasteiger partial charge in [0, 0.05) is 12.7 Å². The minimum Gasteiger partial charge on any atom is -0.362 e. The molecule has 8 heteroatoms. The number of nitrogens with one attached hydrogen (secondary N) is 3. The molecule has 1 saturated heterocycles. The van der Waals surface area contributed by atoms with Gasteiger partial charge in [0.1, 0.15) is 5.82 Å². The second kappa shape index (κ2) is 9.67. The van der Waals surface area contributed by atoms with Gasteiger partial charge in [0.15, 0.2) is 5.83 Å². The Balaban J connectivity index is 1.76. The Kier molecular flexibility index (Phi) is 7.26. The number of amides is 1. The lowest BCUT2D eigenvalue weighted by Gasteiger charge is -2.42. The molecule has 1 aromatic heterocycles. The van der Waals surface area contributed by atoms with Gasteiger partial charge in [0.25, 0.3) is 0 Å². The second-order valence-electron chi connectivity index (χ2n) is 7.93. The Morgan fingerprint density at radius 2 is 2.18 bits per heavy atom. The van der Waals surface area contributed by atoms with Crippen LogP contribution < -0.4 is 16.1 Å². The van der Waals surface area contributed by atoms with Crippen molar-refractivity contribution < 1.29 is 14.4 Å². The summed E-state index contributed by atoms with van der Waals surface area (Å²) < 4.78 is 13.6. The third-order valence-corrected chi connectivity index (χ3v) is 6.02. The molecule has 154 valence electrons. The van der Waals surface area contributed by atoms with E-state index in [1.54, 1.807) is 6.07 Å². The van der Waals surface area contributed by atoms with Crippen molar-refractivity contribution in [1.82, 2.24) is 15.8 Å². The van der Waals surface area contributed by atoms with Crippen LogP contribution in [0.15, 0.2) is 18.1 Å². The number of carbonyl (C=O) groups excluding carboxylic acids is 1. The molecule has 6 nitrogen and oxygen atoms in total. The van der Waals surface area contributed by atoms with Crippen LogP contribution >= 0.6 is 11.6 Å². The second-order valence-corrected chi connectivity index (χ2v) is 8.33. The average molecular weight is 411 g/mol. The topological polar surface area (TPSA) is 86.3 Å². The van der Waals surface area contributed by atoms with Crippen molar-refractivity contribution in [3.05, 3.63) is 28.7 Å². The Morgan fingerprint density at radius 3 is 2.82 bits per heavy atom. The lowest BCUT2D eigenvalue weighted by atomic mass is 9.76. The molecule has 1 aliphatic heterocycles. The third-order valence-electron chi connectivity index (χ3n) is 5.73. The minimum absolute atomic E-state index is 0.0870. The van der Waals surface area contributed by atoms with Crippen LogP contribution in [0.1, 0.15) is 56.9 Å². The molecule has 2 fully saturated rings. The van der Waals surface area contributed by atoms with E-state index in [0.717, 1.165) is 38.4 Å². The monoisotopic (exact) mass is 410 g/mol. The normalized spacial score (nSPS) is 24.0. The SMILES string of the molecule is O=C(NO)/C(F)=C/c1cnc(N[C@@]2(CC3CCCCC3)CCCNC2)c(Cl)c1. The van der Waals surface area contributed by atoms with Crippen molar-refractivity contribution in [1.29, 1.82) is 0 Å². The molecule has 1 aliphatic carbocycles. The van der Waals surface area contributed by atoms with E-state index >= 15 is 0 Å². The largest absolute Gasteiger partial charge is 0.362 e. The third kappa shape index (κ3) is 5.43. The number of carbonyl (C=O) groups is 1. The summed E-state index contributed by atoms with van der Waals surface area (Å²) >= 11 is 6.40. The summed E-state index contributed by atoms with van der Waals surface area (Å²) in [6.45, 7) is 1.89. The van der Waals surface area contributed by atoms with Crippen LogP contribution in [0.5, 0.6) is 0 Å². The van der Waals surface area contributed by atoms with Gasteiger partial charge in [-0.3, -0.25) is 10.0 Å². The molecule has 2 heterocycles. The fourth-order valence-electron chi connectivity index (χ4n) is 4.38. The van der Waals surface area contributed by atoms with E-state index in [-0.39, 0.29) is 5.54 Å². The zero-order chi connectivity index (χ0) is 20.0. The van der Waals surface area contributed by atoms with Crippen LogP contribution in [0.4, 0.5) is 10.2 Å². The number of halogens is 2. The summed E-state index contributed by atoms with van der Waals surface area (Å²) in [6.07, 6.45) is 12.2. The van der Waals surface area contributed by atoms with E-state index < -0.39 is 11.7 Å². The highest BCUT2D eigenvalue weighted by atomic mass is 35.5. The first-order chi connectivity index (χ1) is 13.5. The summed E-state index contributed by atoms with van der Waals surface area (Å²) in [6, 6.07) is 1.56. The maximum atomic E-state index is 13.6. The predicted molar refractivity (Wildman–Crippen MR) is 108 cm³/mol. The molecule has 0 spiro atoms. The summed E-state index contributed by atoms with van der Waals surface area (Å²) in [7, 11) is 0. The summed E-state index contributed by atoms with van der Waals surface area (Å²) in [5, 5.41) is 15.9. The molecule has 0 aromatic carbocycles. The fraction of sp³-hybridized carbons (Fsp3) is 0.600. The predicted octanol–water partition coefficient (Wildman–Crippen LogP) is 4.06. The molecular weight excluding hydrogens is 383 g/mol. The van der Waals surface area contributed by atoms with Gasteiger partial charge in [-0.2, -0.15) is 0 Å². The molecular formula is C20H28ClFN4O2. The standard InChI is InChI=1S/C20H28ClFN4O2/c21-16-9-15(10-17(22)19(27)26-28)12-24-18(16)25-20(7-4-8-23-13-20)11-14-5-2-1-3-6-14/h9-10,12,14,23,28H,1-8,11,13H2,(H,24,25)(H,26,27)/b17-10-/t20-/m1/s1. The molecule has 1 amide bonds. The van der Waals surface area contributed by atoms with E-state index in [2.05, 4.69) is 15.6 Å². The Morgan fingerprint density at radius 1 is 1.39 bits per heavy atom. The lowest BCUT2D eigenvalue weighted by molar-refractivity contribution is -0.126. The molecule has 2 aliphatic rings. The molecule has 28 heavy (non-hydrogen) atoms. The molecule has 1 aromatic rings. The van der Waals surface area contributed by atoms with E-state index in [0.29, 0.717) is 22.3 Å². The molecule has 0 radical (unpaired) electrons. The maximum Gasteiger partial charge on any atom is 0.303 e. The molecule has 3 rings (SSSR count). The zero-order valence-electron chi connectivity index (χ0n) is 15.9. The number of rotatable bonds is 6. The van der Waals surface area contributed by atoms with Crippen molar-refractivity contribution >= 4 is 29.4 Å². The number of aromatic nitrogens is 1. The highest BCUT2D eigenvalue weighted by Crippen LogP contribution is 2.36. The van der Waals surface area contributed by atoms with Gasteiger partial charge >= 0.3 is 5.91 Å². The first kappa shape index (κ1) is 21.0. The smallest absolute Gasteiger partial charge is 0.303 e. The zero-order valence-corrected chi connectivity index (χ0v) is 16.7. The number of nitrogens with zero attached hydrogens (tertiary/aromatic N) is 1. The van der Waals surface area contributed by atoms with Crippen LogP contribution in [0.2, 0.25) is 5.02 Å². The fourth-order valence-corrected chi connectivity index (χ4v) is 4.61. The Bertz CT molecular complexity index is 716. The molecule has 0 bridgehead atoms. The Labute approximate surface area is 169 Å². The quantitative estimate of drug-likeness (QED) is 0.323. The van der Waals surface area contributed by atoms with Crippen molar-refractivity contribution in [3.8, 4) is 0 Å². The first-order valence-corrected chi connectivity index (χ1v) is 10.4. The van der Waals surface area contributed by atoms with E-state index in [4.69, 9.17) is 16.8 Å². The van der Waals surface area contributed by atoms with Gasteiger partial charge in [0.05, 0.1) is 10.6 Å². The number of hydrogen-bond acceptors (Lipinski definition) is 5. The van der Waals surface area contributed by atoms with E-state index in [9.17, 15) is 9.18 Å². The van der Waals surface area contributed by atoms with Gasteiger partial charge in [0.2, 0.25) is 0 Å². The molecule has 0 unspecified atom stereocenters. The van der Waals surface area contributed by atoms with Crippen LogP contribution in [0.25, 0.3) is 6.08 Å². The minimum atomic E-state index is -1.21. The van der Waals surface area contributed by atoms with Crippen LogP contribution in [0, 0.1) is 5.92 Å². The lowest BCUT2D eigenvalue weighted by Crippen LogP contribution is -2.52. The average Bonchev–Trinajstić information content (AvgIpc) is 2.71. The van der Waals surface area contributed by atoms with Gasteiger partial charge < -0.3 is 10.6 Å². The highest BCUT2D eigenvalue weighted by molar-refractivity contribution is 6.33. The van der Waals surface area contributed by atoms with E-state index in [1.807, 2.05) is 0 Å². The number of hydroxylamine groups is 1. The van der Waals surface area contributed by atoms with E-state index in [1.165, 1.54) is 43.8 Å². The maximum absolute atomic E-state index is 13.6. The van der Waals surface area contributed by atoms with Gasteiger partial charge in [-0.1, -0.05) is 43.7 Å². The summed E-state index contributed by atoms with van der Waals surface area (Å²) in [4.78, 5) is 15.5. The molecule has 1 atom stereocenters. The van der Waals surface area contributed by atoms with Crippen molar-refractivity contribution in [2.45, 2.75) is 56.9 Å². The van der Waals surface area contributed by atoms with Crippen LogP contribution in [-0.2, 0) is 4.79 Å². The van der Waals surface area contributed by atoms with Crippen LogP contribution in [0.3, 0.4) is 0 Å². The Hall–Kier alpha value is -1.70. The number of anilines is 1. The summed E-state index contributed by atoms with van der Waals surface area (Å²) in [5.74, 6) is -1.04. The summed E-state index contributed by atoms with van der Waals surface area (Å²) in [5.41, 5.74) is 1.51.